The van der Waals surface area contributed by atoms with Crippen molar-refractivity contribution in [2.75, 3.05) is 26.0 Å². The van der Waals surface area contributed by atoms with E-state index in [1.54, 1.807) is 17.0 Å². The Balaban J connectivity index is 1.81. The molecule has 108 valence electrons. The van der Waals surface area contributed by atoms with Gasteiger partial charge in [0.15, 0.2) is 0 Å². The van der Waals surface area contributed by atoms with Crippen LogP contribution in [0.1, 0.15) is 6.42 Å². The first-order valence-corrected chi connectivity index (χ1v) is 7.70. The van der Waals surface area contributed by atoms with Gasteiger partial charge in [-0.3, -0.25) is 9.59 Å². The Morgan fingerprint density at radius 3 is 2.75 bits per heavy atom. The van der Waals surface area contributed by atoms with Crippen LogP contribution in [0.3, 0.4) is 0 Å². The molecule has 4 nitrogen and oxygen atoms in total. The first-order chi connectivity index (χ1) is 9.60. The number of carbonyl (C=O) groups is 2. The SMILES string of the molecule is COC(=O)C1CCN(C(=O)CSc2ccc(Cl)cc2)C1. The quantitative estimate of drug-likeness (QED) is 0.633. The van der Waals surface area contributed by atoms with E-state index in [0.29, 0.717) is 30.3 Å². The van der Waals surface area contributed by atoms with Gasteiger partial charge in [-0.25, -0.2) is 0 Å². The molecular formula is C14H16ClNO3S. The molecule has 1 atom stereocenters. The first kappa shape index (κ1) is 15.2. The third kappa shape index (κ3) is 3.90. The molecule has 0 aromatic heterocycles. The standard InChI is InChI=1S/C14H16ClNO3S/c1-19-14(18)10-6-7-16(8-10)13(17)9-20-12-4-2-11(15)3-5-12/h2-5,10H,6-9H2,1H3. The third-order valence-electron chi connectivity index (χ3n) is 3.25. The van der Waals surface area contributed by atoms with Crippen LogP contribution >= 0.6 is 23.4 Å². The van der Waals surface area contributed by atoms with E-state index in [1.165, 1.54) is 18.9 Å². The molecule has 1 aromatic carbocycles. The predicted molar refractivity (Wildman–Crippen MR) is 78.9 cm³/mol. The zero-order valence-electron chi connectivity index (χ0n) is 11.2. The second-order valence-corrected chi connectivity index (χ2v) is 6.08. The number of rotatable bonds is 4. The molecule has 1 aliphatic heterocycles. The lowest BCUT2D eigenvalue weighted by atomic mass is 10.1. The summed E-state index contributed by atoms with van der Waals surface area (Å²) in [5, 5.41) is 0.682. The molecule has 0 N–H and O–H groups in total. The molecule has 1 saturated heterocycles. The number of methoxy groups -OCH3 is 1. The summed E-state index contributed by atoms with van der Waals surface area (Å²) in [6.07, 6.45) is 0.685. The highest BCUT2D eigenvalue weighted by Crippen LogP contribution is 2.23. The monoisotopic (exact) mass is 313 g/mol. The Bertz CT molecular complexity index is 492. The van der Waals surface area contributed by atoms with Crippen LogP contribution in [0, 0.1) is 5.92 Å². The van der Waals surface area contributed by atoms with Crippen LogP contribution in [0.2, 0.25) is 5.02 Å². The van der Waals surface area contributed by atoms with E-state index in [1.807, 2.05) is 12.1 Å². The maximum absolute atomic E-state index is 12.1. The molecule has 1 aromatic rings. The van der Waals surface area contributed by atoms with Crippen molar-refractivity contribution in [2.45, 2.75) is 11.3 Å². The Morgan fingerprint density at radius 1 is 1.40 bits per heavy atom. The fourth-order valence-corrected chi connectivity index (χ4v) is 3.04. The first-order valence-electron chi connectivity index (χ1n) is 6.34. The molecule has 1 heterocycles. The van der Waals surface area contributed by atoms with E-state index in [2.05, 4.69) is 0 Å². The summed E-state index contributed by atoms with van der Waals surface area (Å²) in [5.74, 6) is 0.0155. The van der Waals surface area contributed by atoms with Crippen LogP contribution in [0.4, 0.5) is 0 Å². The van der Waals surface area contributed by atoms with E-state index in [9.17, 15) is 9.59 Å². The van der Waals surface area contributed by atoms with Crippen molar-refractivity contribution >= 4 is 35.2 Å². The highest BCUT2D eigenvalue weighted by atomic mass is 35.5. The molecular weight excluding hydrogens is 298 g/mol. The number of hydrogen-bond donors (Lipinski definition) is 0. The number of esters is 1. The molecule has 1 aliphatic rings. The average Bonchev–Trinajstić information content (AvgIpc) is 2.95. The van der Waals surface area contributed by atoms with E-state index >= 15 is 0 Å². The summed E-state index contributed by atoms with van der Waals surface area (Å²) in [6.45, 7) is 1.09. The number of likely N-dealkylation sites (tertiary alicyclic amines) is 1. The number of benzene rings is 1. The molecule has 0 radical (unpaired) electrons. The second-order valence-electron chi connectivity index (χ2n) is 4.59. The highest BCUT2D eigenvalue weighted by molar-refractivity contribution is 8.00. The summed E-state index contributed by atoms with van der Waals surface area (Å²) in [4.78, 5) is 26.2. The van der Waals surface area contributed by atoms with Crippen molar-refractivity contribution in [3.05, 3.63) is 29.3 Å². The Hall–Kier alpha value is -1.20. The van der Waals surface area contributed by atoms with E-state index in [0.717, 1.165) is 4.90 Å². The summed E-state index contributed by atoms with van der Waals surface area (Å²) >= 11 is 7.28. The van der Waals surface area contributed by atoms with Crippen molar-refractivity contribution in [3.8, 4) is 0 Å². The Kier molecular flexibility index (Phi) is 5.31. The molecule has 0 spiro atoms. The number of thioether (sulfide) groups is 1. The molecule has 0 bridgehead atoms. The molecule has 1 unspecified atom stereocenters. The van der Waals surface area contributed by atoms with Crippen LogP contribution in [-0.2, 0) is 14.3 Å². The number of amides is 1. The predicted octanol–water partition coefficient (Wildman–Crippen LogP) is 2.45. The second kappa shape index (κ2) is 6.99. The maximum atomic E-state index is 12.1. The molecule has 2 rings (SSSR count). The number of hydrogen-bond acceptors (Lipinski definition) is 4. The molecule has 0 aliphatic carbocycles. The van der Waals surface area contributed by atoms with Crippen molar-refractivity contribution in [2.24, 2.45) is 5.92 Å². The molecule has 1 amide bonds. The van der Waals surface area contributed by atoms with Gasteiger partial charge in [0.1, 0.15) is 0 Å². The van der Waals surface area contributed by atoms with Gasteiger partial charge in [0.25, 0.3) is 0 Å². The lowest BCUT2D eigenvalue weighted by Crippen LogP contribution is -2.31. The summed E-state index contributed by atoms with van der Waals surface area (Å²) < 4.78 is 4.71. The number of nitrogens with zero attached hydrogens (tertiary/aromatic N) is 1. The minimum atomic E-state index is -0.231. The van der Waals surface area contributed by atoms with E-state index in [4.69, 9.17) is 16.3 Å². The van der Waals surface area contributed by atoms with Gasteiger partial charge in [0.2, 0.25) is 5.91 Å². The molecule has 20 heavy (non-hydrogen) atoms. The van der Waals surface area contributed by atoms with Gasteiger partial charge in [-0.1, -0.05) is 11.6 Å². The number of ether oxygens (including phenoxy) is 1. The highest BCUT2D eigenvalue weighted by Gasteiger charge is 2.31. The van der Waals surface area contributed by atoms with Crippen LogP contribution in [0.5, 0.6) is 0 Å². The topological polar surface area (TPSA) is 46.6 Å². The van der Waals surface area contributed by atoms with Crippen molar-refractivity contribution < 1.29 is 14.3 Å². The van der Waals surface area contributed by atoms with Gasteiger partial charge in [0.05, 0.1) is 18.8 Å². The average molecular weight is 314 g/mol. The van der Waals surface area contributed by atoms with Gasteiger partial charge < -0.3 is 9.64 Å². The maximum Gasteiger partial charge on any atom is 0.310 e. The van der Waals surface area contributed by atoms with Gasteiger partial charge in [0, 0.05) is 23.0 Å². The van der Waals surface area contributed by atoms with Crippen molar-refractivity contribution in [1.82, 2.24) is 4.90 Å². The Morgan fingerprint density at radius 2 is 2.10 bits per heavy atom. The minimum absolute atomic E-state index is 0.0522. The van der Waals surface area contributed by atoms with E-state index < -0.39 is 0 Å². The lowest BCUT2D eigenvalue weighted by Gasteiger charge is -2.15. The Labute approximate surface area is 127 Å². The summed E-state index contributed by atoms with van der Waals surface area (Å²) in [6, 6.07) is 7.39. The smallest absolute Gasteiger partial charge is 0.310 e. The van der Waals surface area contributed by atoms with Crippen molar-refractivity contribution in [3.63, 3.8) is 0 Å². The van der Waals surface area contributed by atoms with Gasteiger partial charge >= 0.3 is 5.97 Å². The van der Waals surface area contributed by atoms with Crippen LogP contribution in [0.25, 0.3) is 0 Å². The summed E-state index contributed by atoms with van der Waals surface area (Å²) in [5.41, 5.74) is 0. The normalized spacial score (nSPS) is 18.1. The van der Waals surface area contributed by atoms with Gasteiger partial charge in [-0.15, -0.1) is 11.8 Å². The van der Waals surface area contributed by atoms with Crippen LogP contribution in [-0.4, -0.2) is 42.7 Å². The summed E-state index contributed by atoms with van der Waals surface area (Å²) in [7, 11) is 1.38. The van der Waals surface area contributed by atoms with Crippen molar-refractivity contribution in [1.29, 1.82) is 0 Å². The van der Waals surface area contributed by atoms with Gasteiger partial charge in [-0.2, -0.15) is 0 Å². The van der Waals surface area contributed by atoms with Crippen LogP contribution < -0.4 is 0 Å². The zero-order chi connectivity index (χ0) is 14.5. The van der Waals surface area contributed by atoms with Gasteiger partial charge in [-0.05, 0) is 30.7 Å². The number of halogens is 1. The third-order valence-corrected chi connectivity index (χ3v) is 4.50. The number of carbonyl (C=O) groups excluding carboxylic acids is 2. The van der Waals surface area contributed by atoms with E-state index in [-0.39, 0.29) is 17.8 Å². The molecule has 6 heteroatoms. The van der Waals surface area contributed by atoms with Crippen LogP contribution in [0.15, 0.2) is 29.2 Å². The minimum Gasteiger partial charge on any atom is -0.469 e. The lowest BCUT2D eigenvalue weighted by molar-refractivity contribution is -0.145. The fraction of sp³-hybridized carbons (Fsp3) is 0.429. The zero-order valence-corrected chi connectivity index (χ0v) is 12.7. The molecule has 1 fully saturated rings. The molecule has 0 saturated carbocycles. The fourth-order valence-electron chi connectivity index (χ4n) is 2.11. The largest absolute Gasteiger partial charge is 0.469 e.